The van der Waals surface area contributed by atoms with Crippen LogP contribution in [0.1, 0.15) is 319 Å². The van der Waals surface area contributed by atoms with Crippen LogP contribution in [0.2, 0.25) is 0 Å². The van der Waals surface area contributed by atoms with Crippen LogP contribution in [0.4, 0.5) is 0 Å². The molecule has 7 rings (SSSR count). The molecule has 632 valence electrons. The Labute approximate surface area is 664 Å². The lowest BCUT2D eigenvalue weighted by Crippen LogP contribution is -2.52. The molecule has 0 aromatic heterocycles. The summed E-state index contributed by atoms with van der Waals surface area (Å²) in [6.07, 6.45) is 22.3. The summed E-state index contributed by atoms with van der Waals surface area (Å²) in [5, 5.41) is 8.60. The molecule has 0 bridgehead atoms. The summed E-state index contributed by atoms with van der Waals surface area (Å²) in [5.74, 6) is -1.52. The van der Waals surface area contributed by atoms with E-state index in [-0.39, 0.29) is 110 Å². The van der Waals surface area contributed by atoms with Crippen LogP contribution >= 0.6 is 0 Å². The van der Waals surface area contributed by atoms with E-state index in [4.69, 9.17) is 28.8 Å². The summed E-state index contributed by atoms with van der Waals surface area (Å²) in [6, 6.07) is 8.36. The third-order valence-corrected chi connectivity index (χ3v) is 29.2. The number of hydrogen-bond donors (Lipinski definition) is 4. The van der Waals surface area contributed by atoms with Crippen molar-refractivity contribution in [3.63, 3.8) is 0 Å². The second-order valence-electron chi connectivity index (χ2n) is 34.3. The first kappa shape index (κ1) is 102. The van der Waals surface area contributed by atoms with E-state index in [1.807, 2.05) is 81.4 Å². The van der Waals surface area contributed by atoms with Crippen molar-refractivity contribution in [3.8, 4) is 5.75 Å². The Kier molecular flexibility index (Phi) is 42.8. The van der Waals surface area contributed by atoms with Crippen molar-refractivity contribution in [1.82, 2.24) is 23.4 Å². The summed E-state index contributed by atoms with van der Waals surface area (Å²) in [6.45, 7) is 46.7. The zero-order chi connectivity index (χ0) is 84.0. The molecule has 4 saturated heterocycles. The number of carbonyl (C=O) groups is 8. The van der Waals surface area contributed by atoms with E-state index in [0.29, 0.717) is 37.4 Å². The molecule has 2 saturated carbocycles. The molecule has 109 heavy (non-hydrogen) atoms. The Morgan fingerprint density at radius 2 is 1.07 bits per heavy atom. The van der Waals surface area contributed by atoms with Crippen LogP contribution in [0, 0.1) is 33.0 Å². The highest BCUT2D eigenvalue weighted by atomic mass is 32.3. The number of ether oxygens (including phenoxy) is 5. The molecule has 6 fully saturated rings. The Bertz CT molecular complexity index is 3270. The topological polar surface area (TPSA) is 331 Å². The number of nitrogens with zero attached hydrogens (tertiary/aromatic N) is 2. The molecule has 1 aromatic rings. The molecule has 0 radical (unpaired) electrons. The zero-order valence-electron chi connectivity index (χ0n) is 71.5. The van der Waals surface area contributed by atoms with E-state index in [9.17, 15) is 59.4 Å². The number of carboxylic acids is 1. The van der Waals surface area contributed by atoms with Crippen molar-refractivity contribution >= 4 is 90.5 Å². The molecule has 4 heterocycles. The summed E-state index contributed by atoms with van der Waals surface area (Å²) in [5.41, 5.74) is -0.712. The van der Waals surface area contributed by atoms with Crippen LogP contribution in [-0.4, -0.2) is 162 Å². The minimum Gasteiger partial charge on any atom is -0.480 e. The normalized spacial score (nSPS) is 25.2. The molecule has 1 aromatic carbocycles. The molecule has 2 aliphatic carbocycles. The highest BCUT2D eigenvalue weighted by molar-refractivity contribution is 7.99. The maximum Gasteiger partial charge on any atom is 0.326 e. The van der Waals surface area contributed by atoms with Gasteiger partial charge in [-0.1, -0.05) is 136 Å². The molecule has 8 atom stereocenters. The second-order valence-corrected chi connectivity index (χ2v) is 41.2. The molecular weight excluding hydrogens is 1480 g/mol. The third kappa shape index (κ3) is 32.7. The van der Waals surface area contributed by atoms with Crippen LogP contribution in [0.15, 0.2) is 24.3 Å². The van der Waals surface area contributed by atoms with Crippen LogP contribution in [0.25, 0.3) is 0 Å². The van der Waals surface area contributed by atoms with E-state index < -0.39 is 78.8 Å². The molecule has 0 spiro atoms. The Balaban J connectivity index is 0.000000644. The standard InChI is InChI=1S/C17H28O2.2C14H26O2.C13H22N2O6S.C10H15NO4.C7H15NOS.C6H13NO2S2/c1-8-17(5,6)13-9-11-14(12-10-13)19-15(18-7)16(2,3)4;1-6-13(4,5)12(15)16-14(11(2)3)9-7-8-10-14;1-5-13(3,4)12(15)16-14(6-2)10-8-7-9-11-14;1-4-13(2)6-5-10(16)15(12(13)18)9-11(17)21-8-7-14-22(3,19)20;1-3-10(2)5-4-7(12)11(9(10)15)6-8(13)14;1-3-7(2)5-4-6-8-10(7)9;1-3-6(2)4-5-10(8)7-11(6)9/h9-12,15H,8H2,1-7H3;11H,6-10H2,1-5H3;5-11H2,1-4H3;14H,4-9H2,1-3H3;3-6H2,1-2H3,(H,13,14);8H,3-6H2,1-2H3;7H,3-5H2,1-2H3. The lowest BCUT2D eigenvalue weighted by molar-refractivity contribution is -0.176. The number of likely N-dealkylation sites (tertiary alicyclic amines) is 2. The fourth-order valence-electron chi connectivity index (χ4n) is 12.3. The molecule has 6 aliphatic rings. The highest BCUT2D eigenvalue weighted by Gasteiger charge is 2.47. The van der Waals surface area contributed by atoms with Gasteiger partial charge in [0.2, 0.25) is 39.9 Å². The van der Waals surface area contributed by atoms with Gasteiger partial charge in [0.1, 0.15) is 58.6 Å². The van der Waals surface area contributed by atoms with Crippen LogP contribution in [-0.2, 0) is 106 Å². The van der Waals surface area contributed by atoms with Gasteiger partial charge in [0.05, 0.1) is 37.6 Å². The number of benzene rings is 1. The van der Waals surface area contributed by atoms with Gasteiger partial charge in [-0.05, 0) is 205 Å². The summed E-state index contributed by atoms with van der Waals surface area (Å²) >= 11 is 0. The van der Waals surface area contributed by atoms with Crippen LogP contribution in [0.5, 0.6) is 5.75 Å². The minimum atomic E-state index is -3.35. The summed E-state index contributed by atoms with van der Waals surface area (Å²) in [4.78, 5) is 95.6. The molecule has 4 aliphatic heterocycles. The highest BCUT2D eigenvalue weighted by Crippen LogP contribution is 2.43. The van der Waals surface area contributed by atoms with Crippen molar-refractivity contribution in [2.24, 2.45) is 33.0 Å². The number of hydrogen-bond acceptors (Lipinski definition) is 18. The van der Waals surface area contributed by atoms with Gasteiger partial charge < -0.3 is 28.8 Å². The number of carboxylic acid groups (broad SMARTS) is 1. The maximum absolute atomic E-state index is 12.3. The number of piperidine rings is 2. The van der Waals surface area contributed by atoms with E-state index in [0.717, 1.165) is 112 Å². The van der Waals surface area contributed by atoms with E-state index in [1.54, 1.807) is 21.0 Å². The predicted octanol–water partition coefficient (Wildman–Crippen LogP) is 14.7. The Hall–Kier alpha value is -4.58. The number of carbonyl (C=O) groups excluding carboxylic acids is 7. The van der Waals surface area contributed by atoms with Crippen molar-refractivity contribution in [2.75, 3.05) is 51.9 Å². The Morgan fingerprint density at radius 3 is 1.46 bits per heavy atom. The first-order valence-electron chi connectivity index (χ1n) is 39.8. The average Bonchev–Trinajstić information content (AvgIpc) is 1.76. The molecule has 28 heteroatoms. The van der Waals surface area contributed by atoms with Crippen molar-refractivity contribution < 1.29 is 88.2 Å². The summed E-state index contributed by atoms with van der Waals surface area (Å²) < 4.78 is 90.7. The van der Waals surface area contributed by atoms with Gasteiger partial charge in [-0.3, -0.25) is 48.2 Å². The molecular formula is C81H145N5O19S4. The van der Waals surface area contributed by atoms with E-state index in [2.05, 4.69) is 102 Å². The first-order chi connectivity index (χ1) is 50.3. The predicted molar refractivity (Wildman–Crippen MR) is 435 cm³/mol. The molecule has 4 N–H and O–H groups in total. The third-order valence-electron chi connectivity index (χ3n) is 23.3. The van der Waals surface area contributed by atoms with Gasteiger partial charge >= 0.3 is 23.9 Å². The number of esters is 3. The van der Waals surface area contributed by atoms with Gasteiger partial charge in [-0.2, -0.15) is 4.13 Å². The molecule has 8 unspecified atom stereocenters. The average molecular weight is 1620 g/mol. The first-order valence-corrected chi connectivity index (χ1v) is 45.3. The number of nitrogens with one attached hydrogen (secondary N) is 3. The number of rotatable bonds is 25. The smallest absolute Gasteiger partial charge is 0.326 e. The monoisotopic (exact) mass is 1620 g/mol. The van der Waals surface area contributed by atoms with Crippen molar-refractivity contribution in [3.05, 3.63) is 29.8 Å². The SMILES string of the molecule is CCC(C)(C)C(=O)OC1(C(C)C)CCCC1.CCC(C)(C)c1ccc(OC(OC)C(C)(C)C)cc1.CCC1(C)CCC(=O)N(CC(=O)O)C1=O.CCC1(C)CCC(=O)N(CC(=O)OCCNS(C)(=O)=O)C1=O.CCC1(C)CCCNS1=O.CCC1(C)CCS(=O)NS1=O.CCC1(OC(=O)C(C)(C)CC)CCCCC1. The van der Waals surface area contributed by atoms with Gasteiger partial charge in [-0.25, -0.2) is 30.5 Å². The number of sulfonamides is 1. The van der Waals surface area contributed by atoms with Gasteiger partial charge in [0.15, 0.2) is 0 Å². The van der Waals surface area contributed by atoms with Gasteiger partial charge in [0, 0.05) is 55.0 Å². The van der Waals surface area contributed by atoms with Gasteiger partial charge in [0.25, 0.3) is 0 Å². The largest absolute Gasteiger partial charge is 0.480 e. The Morgan fingerprint density at radius 1 is 0.606 bits per heavy atom. The van der Waals surface area contributed by atoms with E-state index in [1.165, 1.54) is 37.7 Å². The van der Waals surface area contributed by atoms with Gasteiger partial charge in [-0.15, -0.1) is 0 Å². The molecule has 4 amide bonds. The molecule has 24 nitrogen and oxygen atoms in total. The number of methoxy groups -OCH3 is 1. The quantitative estimate of drug-likeness (QED) is 0.0232. The lowest BCUT2D eigenvalue weighted by atomic mass is 9.78. The fraction of sp³-hybridized carbons (Fsp3) is 0.827. The maximum atomic E-state index is 12.3. The second kappa shape index (κ2) is 45.5. The van der Waals surface area contributed by atoms with Crippen LogP contribution in [0.3, 0.4) is 0 Å². The fourth-order valence-corrected chi connectivity index (χ4v) is 17.1. The minimum absolute atomic E-state index is 0.0150. The van der Waals surface area contributed by atoms with Crippen molar-refractivity contribution in [2.45, 2.75) is 346 Å². The lowest BCUT2D eigenvalue weighted by Gasteiger charge is -2.38. The number of imide groups is 2. The number of amides is 4. The van der Waals surface area contributed by atoms with E-state index >= 15 is 0 Å². The van der Waals surface area contributed by atoms with Crippen LogP contribution < -0.4 is 18.3 Å². The zero-order valence-corrected chi connectivity index (χ0v) is 74.8. The van der Waals surface area contributed by atoms with Crippen molar-refractivity contribution in [1.29, 1.82) is 0 Å². The number of aliphatic carboxylic acids is 1. The summed E-state index contributed by atoms with van der Waals surface area (Å²) in [7, 11) is -4.65.